The molecule has 0 unspecified atom stereocenters. The zero-order chi connectivity index (χ0) is 13.1. The molecule has 116 valence electrons. The molecule has 0 aromatic carbocycles. The van der Waals surface area contributed by atoms with E-state index in [9.17, 15) is 26.9 Å². The minimum atomic E-state index is -6.00. The van der Waals surface area contributed by atoms with Crippen LogP contribution < -0.4 is 0 Å². The van der Waals surface area contributed by atoms with Crippen LogP contribution in [0.1, 0.15) is 13.8 Å². The number of esters is 1. The van der Waals surface area contributed by atoms with E-state index < -0.39 is 25.1 Å². The number of aliphatic hydroxyl groups excluding tert-OH is 1. The molecule has 1 rings (SSSR count). The molecule has 0 spiro atoms. The Morgan fingerprint density at radius 3 is 1.68 bits per heavy atom. The molecule has 1 heterocycles. The normalized spacial score (nSPS) is 16.9. The van der Waals surface area contributed by atoms with Crippen LogP contribution in [0.2, 0.25) is 0 Å². The van der Waals surface area contributed by atoms with E-state index in [-0.39, 0.29) is 44.7 Å². The van der Waals surface area contributed by atoms with E-state index in [0.717, 1.165) is 0 Å². The number of ether oxygens (including phenoxy) is 1. The van der Waals surface area contributed by atoms with Crippen molar-refractivity contribution in [1.29, 1.82) is 0 Å². The van der Waals surface area contributed by atoms with Crippen LogP contribution >= 0.6 is 0 Å². The zero-order valence-corrected chi connectivity index (χ0v) is 12.1. The molecule has 0 saturated carbocycles. The van der Waals surface area contributed by atoms with Crippen molar-refractivity contribution in [2.75, 3.05) is 0 Å². The maximum atomic E-state index is 10.8. The van der Waals surface area contributed by atoms with Crippen molar-refractivity contribution in [2.24, 2.45) is 0 Å². The maximum Gasteiger partial charge on any atom is 2.00 e. The Labute approximate surface area is 121 Å². The molecule has 1 aliphatic heterocycles. The van der Waals surface area contributed by atoms with Gasteiger partial charge in [0.25, 0.3) is 0 Å². The number of carbonyl (C=O) groups is 2. The summed E-state index contributed by atoms with van der Waals surface area (Å²) in [5.74, 6) is -1.46. The predicted molar refractivity (Wildman–Crippen MR) is 56.6 cm³/mol. The predicted octanol–water partition coefficient (Wildman–Crippen LogP) is 3.06. The Bertz CT molecular complexity index is 344. The van der Waals surface area contributed by atoms with Gasteiger partial charge in [-0.05, 0) is 13.8 Å². The quantitative estimate of drug-likeness (QED) is 0.273. The smallest absolute Gasteiger partial charge is 0.693 e. The van der Waals surface area contributed by atoms with Crippen LogP contribution in [0.15, 0.2) is 11.3 Å². The van der Waals surface area contributed by atoms with Gasteiger partial charge in [-0.3, -0.25) is 4.79 Å². The number of carbonyl (C=O) groups excluding carboxylic acids is 2. The molecule has 5 N–H and O–H groups in total. The van der Waals surface area contributed by atoms with Gasteiger partial charge in [-0.15, -0.1) is 0 Å². The summed E-state index contributed by atoms with van der Waals surface area (Å²) in [5, 5.41) is 9.11. The standard InChI is InChI=1S/C7H8O4.BF4.2H2N.Pt/c1-3(8)5-6(9)4(2)11-7(5)10;2-1(3,4)5;;;/h4,9H,1-2H3;;2*1H2;/q;3*-1;+2/t4-;;;;/m1..../s1. The number of halogens is 4. The average molecular weight is 470 g/mol. The molecule has 0 aromatic heterocycles. The summed E-state index contributed by atoms with van der Waals surface area (Å²) in [4.78, 5) is 21.5. The largest absolute Gasteiger partial charge is 2.00 e. The fraction of sp³-hybridized carbons (Fsp3) is 0.429. The van der Waals surface area contributed by atoms with Gasteiger partial charge in [0.15, 0.2) is 17.6 Å². The summed E-state index contributed by atoms with van der Waals surface area (Å²) in [7, 11) is -6.00. The molecule has 0 fully saturated rings. The number of cyclic esters (lactones) is 1. The molecule has 6 nitrogen and oxygen atoms in total. The van der Waals surface area contributed by atoms with Gasteiger partial charge in [0.05, 0.1) is 0 Å². The number of hydrogen-bond acceptors (Lipinski definition) is 4. The number of Topliss-reactive ketones (excluding diaryl/α,β-unsaturated/α-hetero) is 1. The Balaban J connectivity index is -0.000000125. The summed E-state index contributed by atoms with van der Waals surface area (Å²) in [6.07, 6.45) is -0.679. The van der Waals surface area contributed by atoms with E-state index in [1.54, 1.807) is 0 Å². The third-order valence-electron chi connectivity index (χ3n) is 1.48. The summed E-state index contributed by atoms with van der Waals surface area (Å²) in [6, 6.07) is 0. The monoisotopic (exact) mass is 470 g/mol. The number of aliphatic hydroxyl groups is 1. The number of ketones is 1. The fourth-order valence-electron chi connectivity index (χ4n) is 0.907. The van der Waals surface area contributed by atoms with Gasteiger partial charge < -0.3 is 39.4 Å². The van der Waals surface area contributed by atoms with Crippen LogP contribution in [0, 0.1) is 0 Å². The van der Waals surface area contributed by atoms with Crippen molar-refractivity contribution >= 4 is 19.0 Å². The molecule has 1 atom stereocenters. The van der Waals surface area contributed by atoms with Gasteiger partial charge in [-0.2, -0.15) is 0 Å². The van der Waals surface area contributed by atoms with Gasteiger partial charge in [0.2, 0.25) is 0 Å². The van der Waals surface area contributed by atoms with Gasteiger partial charge in [-0.1, -0.05) is 0 Å². The van der Waals surface area contributed by atoms with E-state index in [2.05, 4.69) is 4.74 Å². The molecule has 0 aliphatic carbocycles. The van der Waals surface area contributed by atoms with Crippen molar-refractivity contribution in [1.82, 2.24) is 0 Å². The van der Waals surface area contributed by atoms with Gasteiger partial charge >= 0.3 is 34.3 Å². The molecule has 0 amide bonds. The molecular weight excluding hydrogens is 458 g/mol. The van der Waals surface area contributed by atoms with Crippen molar-refractivity contribution < 1.29 is 57.8 Å². The zero-order valence-electron chi connectivity index (χ0n) is 9.81. The number of rotatable bonds is 1. The summed E-state index contributed by atoms with van der Waals surface area (Å²) < 4.78 is 43.6. The van der Waals surface area contributed by atoms with Crippen LogP contribution in [-0.4, -0.2) is 30.2 Å². The van der Waals surface area contributed by atoms with Crippen LogP contribution in [0.3, 0.4) is 0 Å². The van der Waals surface area contributed by atoms with E-state index in [4.69, 9.17) is 5.11 Å². The summed E-state index contributed by atoms with van der Waals surface area (Å²) in [6.45, 7) is 2.72. The Kier molecular flexibility index (Phi) is 13.9. The number of nitrogens with two attached hydrogens (primary N) is 2. The minimum Gasteiger partial charge on any atom is -0.693 e. The topological polar surface area (TPSA) is 131 Å². The molecule has 0 aromatic rings. The Hall–Kier alpha value is -0.927. The van der Waals surface area contributed by atoms with Crippen molar-refractivity contribution in [3.05, 3.63) is 23.6 Å². The second kappa shape index (κ2) is 9.93. The van der Waals surface area contributed by atoms with Crippen LogP contribution in [0.5, 0.6) is 0 Å². The van der Waals surface area contributed by atoms with Crippen molar-refractivity contribution in [2.45, 2.75) is 20.0 Å². The average Bonchev–Trinajstić information content (AvgIpc) is 2.22. The molecule has 0 bridgehead atoms. The van der Waals surface area contributed by atoms with E-state index in [1.165, 1.54) is 13.8 Å². The van der Waals surface area contributed by atoms with Crippen LogP contribution in [0.25, 0.3) is 12.3 Å². The van der Waals surface area contributed by atoms with Crippen LogP contribution in [-0.2, 0) is 35.4 Å². The molecule has 19 heavy (non-hydrogen) atoms. The molecular formula is C7H12BF4N2O4Pt-. The first-order chi connectivity index (χ1) is 7.04. The SMILES string of the molecule is CC(=O)C1=C(O)[C@@H](C)OC1=O.F[B-](F)(F)F.[NH2-].[NH2-].[Pt+2]. The Morgan fingerprint density at radius 2 is 1.58 bits per heavy atom. The maximum absolute atomic E-state index is 10.8. The van der Waals surface area contributed by atoms with Crippen molar-refractivity contribution in [3.63, 3.8) is 0 Å². The Morgan fingerprint density at radius 1 is 1.26 bits per heavy atom. The van der Waals surface area contributed by atoms with E-state index in [1.807, 2.05) is 0 Å². The molecule has 12 heteroatoms. The molecule has 0 saturated heterocycles. The number of hydrogen-bond donors (Lipinski definition) is 1. The summed E-state index contributed by atoms with van der Waals surface area (Å²) >= 11 is 0. The van der Waals surface area contributed by atoms with Crippen molar-refractivity contribution in [3.8, 4) is 0 Å². The van der Waals surface area contributed by atoms with E-state index >= 15 is 0 Å². The minimum absolute atomic E-state index is 0. The molecule has 1 aliphatic rings. The third kappa shape index (κ3) is 10.7. The molecule has 0 radical (unpaired) electrons. The fourth-order valence-corrected chi connectivity index (χ4v) is 0.907. The van der Waals surface area contributed by atoms with Gasteiger partial charge in [-0.25, -0.2) is 4.79 Å². The summed E-state index contributed by atoms with van der Waals surface area (Å²) in [5.41, 5.74) is -0.225. The first kappa shape index (κ1) is 26.6. The van der Waals surface area contributed by atoms with Crippen LogP contribution in [0.4, 0.5) is 17.3 Å². The first-order valence-corrected chi connectivity index (χ1v) is 4.06. The third-order valence-corrected chi connectivity index (χ3v) is 1.48. The van der Waals surface area contributed by atoms with Gasteiger partial charge in [0.1, 0.15) is 5.57 Å². The first-order valence-electron chi connectivity index (χ1n) is 4.06. The van der Waals surface area contributed by atoms with Gasteiger partial charge in [0, 0.05) is 0 Å². The van der Waals surface area contributed by atoms with E-state index in [0.29, 0.717) is 0 Å². The second-order valence-corrected chi connectivity index (χ2v) is 2.86. The second-order valence-electron chi connectivity index (χ2n) is 2.86.